The van der Waals surface area contributed by atoms with Crippen molar-refractivity contribution in [2.75, 3.05) is 5.32 Å². The monoisotopic (exact) mass is 361 g/mol. The molecule has 0 spiro atoms. The number of anilines is 1. The van der Waals surface area contributed by atoms with Gasteiger partial charge in [0.05, 0.1) is 17.3 Å². The topological polar surface area (TPSA) is 55.6 Å². The largest absolute Gasteiger partial charge is 0.365 e. The van der Waals surface area contributed by atoms with Gasteiger partial charge >= 0.3 is 0 Å². The number of rotatable bonds is 6. The zero-order chi connectivity index (χ0) is 18.6. The number of fused-ring (bicyclic) bond motifs is 1. The molecule has 0 bridgehead atoms. The molecule has 5 nitrogen and oxygen atoms in total. The molecule has 1 N–H and O–H groups in total. The van der Waals surface area contributed by atoms with Crippen LogP contribution in [0.4, 0.5) is 10.2 Å². The molecule has 4 aromatic rings. The molecule has 0 saturated carbocycles. The van der Waals surface area contributed by atoms with E-state index >= 15 is 0 Å². The summed E-state index contributed by atoms with van der Waals surface area (Å²) in [5, 5.41) is 8.74. The normalized spacial score (nSPS) is 11.0. The second-order valence-corrected chi connectivity index (χ2v) is 6.35. The third kappa shape index (κ3) is 3.65. The third-order valence-corrected chi connectivity index (χ3v) is 4.32. The zero-order valence-corrected chi connectivity index (χ0v) is 15.1. The molecule has 0 amide bonds. The number of hydrogen-bond acceptors (Lipinski definition) is 4. The van der Waals surface area contributed by atoms with Crippen LogP contribution in [0.25, 0.3) is 16.7 Å². The van der Waals surface area contributed by atoms with Gasteiger partial charge in [0.15, 0.2) is 5.65 Å². The summed E-state index contributed by atoms with van der Waals surface area (Å²) in [5.74, 6) is 1.29. The number of aromatic nitrogens is 4. The van der Waals surface area contributed by atoms with E-state index in [1.165, 1.54) is 12.1 Å². The zero-order valence-electron chi connectivity index (χ0n) is 15.1. The van der Waals surface area contributed by atoms with Crippen molar-refractivity contribution in [3.63, 3.8) is 0 Å². The van der Waals surface area contributed by atoms with Crippen LogP contribution in [-0.4, -0.2) is 19.7 Å². The van der Waals surface area contributed by atoms with Gasteiger partial charge < -0.3 is 5.32 Å². The van der Waals surface area contributed by atoms with Crippen molar-refractivity contribution in [1.29, 1.82) is 0 Å². The van der Waals surface area contributed by atoms with Crippen molar-refractivity contribution in [1.82, 2.24) is 19.7 Å². The lowest BCUT2D eigenvalue weighted by Gasteiger charge is -2.10. The van der Waals surface area contributed by atoms with Gasteiger partial charge in [0.1, 0.15) is 17.5 Å². The van der Waals surface area contributed by atoms with E-state index in [0.29, 0.717) is 6.54 Å². The number of nitrogens with zero attached hydrogens (tertiary/aromatic N) is 4. The van der Waals surface area contributed by atoms with Gasteiger partial charge in [-0.25, -0.2) is 19.0 Å². The molecule has 0 aliphatic rings. The highest BCUT2D eigenvalue weighted by Crippen LogP contribution is 2.23. The summed E-state index contributed by atoms with van der Waals surface area (Å²) in [6, 6.07) is 16.4. The van der Waals surface area contributed by atoms with Crippen molar-refractivity contribution in [2.24, 2.45) is 0 Å². The van der Waals surface area contributed by atoms with E-state index in [1.807, 2.05) is 35.0 Å². The van der Waals surface area contributed by atoms with Crippen molar-refractivity contribution in [2.45, 2.75) is 26.3 Å². The molecule has 2 aromatic heterocycles. The predicted octanol–water partition coefficient (Wildman–Crippen LogP) is 4.52. The van der Waals surface area contributed by atoms with Crippen LogP contribution in [-0.2, 0) is 13.0 Å². The van der Waals surface area contributed by atoms with Crippen LogP contribution in [0.5, 0.6) is 0 Å². The Morgan fingerprint density at radius 2 is 1.78 bits per heavy atom. The molecule has 6 heteroatoms. The first-order valence-corrected chi connectivity index (χ1v) is 9.03. The fourth-order valence-corrected chi connectivity index (χ4v) is 2.97. The van der Waals surface area contributed by atoms with Gasteiger partial charge in [-0.2, -0.15) is 5.10 Å². The highest BCUT2D eigenvalue weighted by Gasteiger charge is 2.13. The van der Waals surface area contributed by atoms with Gasteiger partial charge in [0.25, 0.3) is 0 Å². The SMILES string of the molecule is CCCc1nc(NCc2ccc(F)cc2)c2cnn(-c3ccccc3)c2n1. The number of hydrogen-bond donors (Lipinski definition) is 1. The first-order chi connectivity index (χ1) is 13.2. The average molecular weight is 361 g/mol. The molecule has 0 atom stereocenters. The van der Waals surface area contributed by atoms with Gasteiger partial charge in [-0.05, 0) is 36.2 Å². The summed E-state index contributed by atoms with van der Waals surface area (Å²) in [7, 11) is 0. The average Bonchev–Trinajstić information content (AvgIpc) is 3.12. The molecular weight excluding hydrogens is 341 g/mol. The Kier molecular flexibility index (Phi) is 4.78. The van der Waals surface area contributed by atoms with Crippen LogP contribution in [0, 0.1) is 5.82 Å². The quantitative estimate of drug-likeness (QED) is 0.549. The van der Waals surface area contributed by atoms with Crippen molar-refractivity contribution in [3.8, 4) is 5.69 Å². The van der Waals surface area contributed by atoms with Crippen molar-refractivity contribution < 1.29 is 4.39 Å². The number of halogens is 1. The maximum Gasteiger partial charge on any atom is 0.168 e. The Morgan fingerprint density at radius 1 is 1.00 bits per heavy atom. The van der Waals surface area contributed by atoms with E-state index in [9.17, 15) is 4.39 Å². The van der Waals surface area contributed by atoms with E-state index < -0.39 is 0 Å². The van der Waals surface area contributed by atoms with E-state index in [-0.39, 0.29) is 5.82 Å². The van der Waals surface area contributed by atoms with Crippen molar-refractivity contribution in [3.05, 3.63) is 78.0 Å². The molecule has 0 saturated heterocycles. The van der Waals surface area contributed by atoms with E-state index in [1.54, 1.807) is 18.3 Å². The van der Waals surface area contributed by atoms with Crippen LogP contribution in [0.3, 0.4) is 0 Å². The summed E-state index contributed by atoms with van der Waals surface area (Å²) in [6.07, 6.45) is 3.54. The number of benzene rings is 2. The summed E-state index contributed by atoms with van der Waals surface area (Å²) in [5.41, 5.74) is 2.72. The first kappa shape index (κ1) is 17.1. The second kappa shape index (κ2) is 7.53. The van der Waals surface area contributed by atoms with Gasteiger partial charge in [0.2, 0.25) is 0 Å². The maximum atomic E-state index is 13.1. The summed E-state index contributed by atoms with van der Waals surface area (Å²) in [4.78, 5) is 9.41. The van der Waals surface area contributed by atoms with Crippen LogP contribution >= 0.6 is 0 Å². The van der Waals surface area contributed by atoms with Crippen LogP contribution < -0.4 is 5.32 Å². The van der Waals surface area contributed by atoms with E-state index in [0.717, 1.165) is 46.8 Å². The van der Waals surface area contributed by atoms with Gasteiger partial charge in [-0.15, -0.1) is 0 Å². The molecule has 2 heterocycles. The lowest BCUT2D eigenvalue weighted by atomic mass is 10.2. The maximum absolute atomic E-state index is 13.1. The molecule has 0 fully saturated rings. The Bertz CT molecular complexity index is 1040. The van der Waals surface area contributed by atoms with Gasteiger partial charge in [0, 0.05) is 13.0 Å². The highest BCUT2D eigenvalue weighted by molar-refractivity contribution is 5.87. The van der Waals surface area contributed by atoms with Gasteiger partial charge in [-0.3, -0.25) is 0 Å². The molecule has 0 aliphatic heterocycles. The summed E-state index contributed by atoms with van der Waals surface area (Å²) >= 11 is 0. The minimum absolute atomic E-state index is 0.238. The molecule has 27 heavy (non-hydrogen) atoms. The van der Waals surface area contributed by atoms with Crippen LogP contribution in [0.2, 0.25) is 0 Å². The Hall–Kier alpha value is -3.28. The number of para-hydroxylation sites is 1. The lowest BCUT2D eigenvalue weighted by molar-refractivity contribution is 0.627. The fourth-order valence-electron chi connectivity index (χ4n) is 2.97. The van der Waals surface area contributed by atoms with E-state index in [4.69, 9.17) is 4.98 Å². The fraction of sp³-hybridized carbons (Fsp3) is 0.190. The molecule has 4 rings (SSSR count). The number of nitrogens with one attached hydrogen (secondary N) is 1. The van der Waals surface area contributed by atoms with E-state index in [2.05, 4.69) is 22.3 Å². The standard InChI is InChI=1S/C21H20FN5/c1-2-6-19-25-20(23-13-15-9-11-16(22)12-10-15)18-14-24-27(21(18)26-19)17-7-4-3-5-8-17/h3-5,7-12,14H,2,6,13H2,1H3,(H,23,25,26). The molecular formula is C21H20FN5. The highest BCUT2D eigenvalue weighted by atomic mass is 19.1. The molecule has 2 aromatic carbocycles. The minimum Gasteiger partial charge on any atom is -0.365 e. The van der Waals surface area contributed by atoms with Crippen LogP contribution in [0.1, 0.15) is 24.7 Å². The minimum atomic E-state index is -0.238. The van der Waals surface area contributed by atoms with Crippen LogP contribution in [0.15, 0.2) is 60.8 Å². The molecule has 136 valence electrons. The smallest absolute Gasteiger partial charge is 0.168 e. The van der Waals surface area contributed by atoms with Crippen molar-refractivity contribution >= 4 is 16.9 Å². The Morgan fingerprint density at radius 3 is 2.52 bits per heavy atom. The third-order valence-electron chi connectivity index (χ3n) is 4.32. The Labute approximate surface area is 156 Å². The first-order valence-electron chi connectivity index (χ1n) is 9.03. The summed E-state index contributed by atoms with van der Waals surface area (Å²) < 4.78 is 14.9. The number of aryl methyl sites for hydroxylation is 1. The predicted molar refractivity (Wildman–Crippen MR) is 104 cm³/mol. The lowest BCUT2D eigenvalue weighted by Crippen LogP contribution is -2.07. The summed E-state index contributed by atoms with van der Waals surface area (Å²) in [6.45, 7) is 2.65. The van der Waals surface area contributed by atoms with Gasteiger partial charge in [-0.1, -0.05) is 37.3 Å². The molecule has 0 aliphatic carbocycles. The molecule has 0 unspecified atom stereocenters. The molecule has 0 radical (unpaired) electrons. The second-order valence-electron chi connectivity index (χ2n) is 6.35. The Balaban J connectivity index is 1.72.